The van der Waals surface area contributed by atoms with Crippen LogP contribution in [0.15, 0.2) is 18.2 Å². The Bertz CT molecular complexity index is 308. The van der Waals surface area contributed by atoms with Crippen molar-refractivity contribution < 1.29 is 10.2 Å². The van der Waals surface area contributed by atoms with Gasteiger partial charge in [-0.15, -0.1) is 0 Å². The first-order valence-corrected chi connectivity index (χ1v) is 5.81. The second-order valence-electron chi connectivity index (χ2n) is 3.42. The fourth-order valence-corrected chi connectivity index (χ4v) is 1.98. The van der Waals surface area contributed by atoms with E-state index < -0.39 is 0 Å². The lowest BCUT2D eigenvalue weighted by molar-refractivity contribution is 0.156. The summed E-state index contributed by atoms with van der Waals surface area (Å²) in [5.74, 6) is 0. The van der Waals surface area contributed by atoms with Crippen molar-refractivity contribution in [1.29, 1.82) is 0 Å². The molecule has 16 heavy (non-hydrogen) atoms. The third kappa shape index (κ3) is 3.92. The van der Waals surface area contributed by atoms with Crippen molar-refractivity contribution >= 4 is 23.2 Å². The Hall–Kier alpha value is -0.320. The second kappa shape index (κ2) is 7.09. The summed E-state index contributed by atoms with van der Waals surface area (Å²) in [4.78, 5) is 1.90. The van der Waals surface area contributed by atoms with Crippen molar-refractivity contribution in [2.45, 2.75) is 6.54 Å². The average molecular weight is 264 g/mol. The van der Waals surface area contributed by atoms with Crippen LogP contribution in [-0.2, 0) is 6.54 Å². The van der Waals surface area contributed by atoms with Gasteiger partial charge in [-0.2, -0.15) is 0 Å². The molecule has 3 nitrogen and oxygen atoms in total. The minimum absolute atomic E-state index is 0.0437. The molecule has 1 aromatic rings. The molecule has 2 N–H and O–H groups in total. The molecule has 0 saturated heterocycles. The van der Waals surface area contributed by atoms with Crippen LogP contribution in [0.4, 0.5) is 0 Å². The van der Waals surface area contributed by atoms with E-state index in [1.165, 1.54) is 0 Å². The summed E-state index contributed by atoms with van der Waals surface area (Å²) in [5, 5.41) is 19.0. The number of hydrogen-bond donors (Lipinski definition) is 2. The fraction of sp³-hybridized carbons (Fsp3) is 0.455. The summed E-state index contributed by atoms with van der Waals surface area (Å²) in [5.41, 5.74) is 0.827. The molecule has 0 amide bonds. The van der Waals surface area contributed by atoms with Crippen molar-refractivity contribution in [3.63, 3.8) is 0 Å². The number of halogens is 2. The van der Waals surface area contributed by atoms with Crippen LogP contribution in [0.5, 0.6) is 0 Å². The molecule has 0 heterocycles. The first kappa shape index (κ1) is 13.7. The van der Waals surface area contributed by atoms with E-state index in [4.69, 9.17) is 33.4 Å². The quantitative estimate of drug-likeness (QED) is 0.823. The van der Waals surface area contributed by atoms with Crippen molar-refractivity contribution in [3.05, 3.63) is 33.8 Å². The molecule has 0 spiro atoms. The summed E-state index contributed by atoms with van der Waals surface area (Å²) >= 11 is 12.1. The van der Waals surface area contributed by atoms with Crippen LogP contribution in [0.3, 0.4) is 0 Å². The van der Waals surface area contributed by atoms with Gasteiger partial charge in [0.2, 0.25) is 0 Å². The molecule has 90 valence electrons. The van der Waals surface area contributed by atoms with Gasteiger partial charge in [0, 0.05) is 35.2 Å². The number of aliphatic hydroxyl groups is 2. The van der Waals surface area contributed by atoms with Crippen molar-refractivity contribution in [3.8, 4) is 0 Å². The van der Waals surface area contributed by atoms with Gasteiger partial charge in [-0.25, -0.2) is 0 Å². The molecule has 0 aliphatic heterocycles. The second-order valence-corrected chi connectivity index (χ2v) is 4.24. The first-order valence-electron chi connectivity index (χ1n) is 5.06. The average Bonchev–Trinajstić information content (AvgIpc) is 2.24. The van der Waals surface area contributed by atoms with Gasteiger partial charge >= 0.3 is 0 Å². The maximum absolute atomic E-state index is 8.89. The molecule has 0 aromatic heterocycles. The molecule has 0 unspecified atom stereocenters. The van der Waals surface area contributed by atoms with Gasteiger partial charge in [-0.3, -0.25) is 4.90 Å². The fourth-order valence-electron chi connectivity index (χ4n) is 1.46. The Morgan fingerprint density at radius 1 is 1.00 bits per heavy atom. The third-order valence-corrected chi connectivity index (χ3v) is 2.98. The maximum atomic E-state index is 8.89. The van der Waals surface area contributed by atoms with Gasteiger partial charge in [0.15, 0.2) is 0 Å². The minimum atomic E-state index is 0.0437. The molecule has 5 heteroatoms. The van der Waals surface area contributed by atoms with Crippen LogP contribution >= 0.6 is 23.2 Å². The summed E-state index contributed by atoms with van der Waals surface area (Å²) < 4.78 is 0. The Morgan fingerprint density at radius 2 is 1.50 bits per heavy atom. The predicted octanol–water partition coefficient (Wildman–Crippen LogP) is 1.78. The zero-order valence-electron chi connectivity index (χ0n) is 8.87. The lowest BCUT2D eigenvalue weighted by atomic mass is 10.2. The van der Waals surface area contributed by atoms with E-state index in [2.05, 4.69) is 0 Å². The van der Waals surface area contributed by atoms with Crippen LogP contribution in [0.1, 0.15) is 5.56 Å². The van der Waals surface area contributed by atoms with Crippen LogP contribution in [0.2, 0.25) is 10.0 Å². The smallest absolute Gasteiger partial charge is 0.0558 e. The van der Waals surface area contributed by atoms with E-state index in [1.54, 1.807) is 18.2 Å². The molecule has 0 atom stereocenters. The topological polar surface area (TPSA) is 43.7 Å². The van der Waals surface area contributed by atoms with Gasteiger partial charge in [0.05, 0.1) is 13.2 Å². The molecular weight excluding hydrogens is 249 g/mol. The van der Waals surface area contributed by atoms with E-state index >= 15 is 0 Å². The lowest BCUT2D eigenvalue weighted by Gasteiger charge is -2.21. The number of aliphatic hydroxyl groups excluding tert-OH is 2. The predicted molar refractivity (Wildman–Crippen MR) is 65.9 cm³/mol. The maximum Gasteiger partial charge on any atom is 0.0558 e. The van der Waals surface area contributed by atoms with Gasteiger partial charge in [0.25, 0.3) is 0 Å². The molecular formula is C11H15Cl2NO2. The number of hydrogen-bond acceptors (Lipinski definition) is 3. The van der Waals surface area contributed by atoms with E-state index in [0.29, 0.717) is 29.7 Å². The van der Waals surface area contributed by atoms with E-state index in [9.17, 15) is 0 Å². The van der Waals surface area contributed by atoms with Gasteiger partial charge in [-0.05, 0) is 12.1 Å². The van der Waals surface area contributed by atoms with Crippen molar-refractivity contribution in [2.24, 2.45) is 0 Å². The van der Waals surface area contributed by atoms with Crippen molar-refractivity contribution in [1.82, 2.24) is 4.90 Å². The lowest BCUT2D eigenvalue weighted by Crippen LogP contribution is -2.29. The SMILES string of the molecule is OCCN(CCO)Cc1c(Cl)cccc1Cl. The molecule has 0 fully saturated rings. The van der Waals surface area contributed by atoms with E-state index in [-0.39, 0.29) is 13.2 Å². The highest BCUT2D eigenvalue weighted by Gasteiger charge is 2.10. The normalized spacial score (nSPS) is 11.1. The first-order chi connectivity index (χ1) is 7.69. The zero-order valence-corrected chi connectivity index (χ0v) is 10.4. The zero-order chi connectivity index (χ0) is 12.0. The van der Waals surface area contributed by atoms with Gasteiger partial charge in [0.1, 0.15) is 0 Å². The summed E-state index contributed by atoms with van der Waals surface area (Å²) in [6.45, 7) is 1.59. The molecule has 0 aliphatic carbocycles. The molecule has 1 rings (SSSR count). The molecule has 0 saturated carbocycles. The van der Waals surface area contributed by atoms with E-state index in [0.717, 1.165) is 5.56 Å². The molecule has 1 aromatic carbocycles. The van der Waals surface area contributed by atoms with Gasteiger partial charge in [-0.1, -0.05) is 29.3 Å². The largest absolute Gasteiger partial charge is 0.395 e. The van der Waals surface area contributed by atoms with Crippen LogP contribution in [0.25, 0.3) is 0 Å². The minimum Gasteiger partial charge on any atom is -0.395 e. The number of rotatable bonds is 6. The summed E-state index contributed by atoms with van der Waals surface area (Å²) in [7, 11) is 0. The molecule has 0 bridgehead atoms. The Labute approximate surface area is 105 Å². The highest BCUT2D eigenvalue weighted by atomic mass is 35.5. The van der Waals surface area contributed by atoms with E-state index in [1.807, 2.05) is 4.90 Å². The Balaban J connectivity index is 2.76. The number of benzene rings is 1. The molecule has 0 radical (unpaired) electrons. The van der Waals surface area contributed by atoms with Crippen LogP contribution < -0.4 is 0 Å². The number of nitrogens with zero attached hydrogens (tertiary/aromatic N) is 1. The highest BCUT2D eigenvalue weighted by Crippen LogP contribution is 2.25. The highest BCUT2D eigenvalue weighted by molar-refractivity contribution is 6.35. The van der Waals surface area contributed by atoms with Crippen LogP contribution in [0, 0.1) is 0 Å². The summed E-state index contributed by atoms with van der Waals surface area (Å²) in [6, 6.07) is 5.34. The standard InChI is InChI=1S/C11H15Cl2NO2/c12-10-2-1-3-11(13)9(10)8-14(4-6-15)5-7-16/h1-3,15-16H,4-8H2. The van der Waals surface area contributed by atoms with Crippen molar-refractivity contribution in [2.75, 3.05) is 26.3 Å². The third-order valence-electron chi connectivity index (χ3n) is 2.28. The Kier molecular flexibility index (Phi) is 6.09. The monoisotopic (exact) mass is 263 g/mol. The van der Waals surface area contributed by atoms with Crippen LogP contribution in [-0.4, -0.2) is 41.4 Å². The Morgan fingerprint density at radius 3 is 1.94 bits per heavy atom. The van der Waals surface area contributed by atoms with Gasteiger partial charge < -0.3 is 10.2 Å². The molecule has 0 aliphatic rings. The summed E-state index contributed by atoms with van der Waals surface area (Å²) in [6.07, 6.45) is 0.